The Balaban J connectivity index is 2.36. The van der Waals surface area contributed by atoms with Crippen LogP contribution in [0.4, 0.5) is 0 Å². The average molecular weight is 196 g/mol. The SMILES string of the molecule is Cc1nc2c(s1)[C@H](C(C)C)NCC2. The first-order valence-electron chi connectivity index (χ1n) is 4.88. The lowest BCUT2D eigenvalue weighted by molar-refractivity contribution is 0.399. The molecule has 1 atom stereocenters. The number of aromatic nitrogens is 1. The van der Waals surface area contributed by atoms with Gasteiger partial charge in [0.25, 0.3) is 0 Å². The lowest BCUT2D eigenvalue weighted by Gasteiger charge is -2.26. The summed E-state index contributed by atoms with van der Waals surface area (Å²) in [4.78, 5) is 6.03. The number of hydrogen-bond donors (Lipinski definition) is 1. The zero-order valence-corrected chi connectivity index (χ0v) is 9.24. The van der Waals surface area contributed by atoms with E-state index in [0.29, 0.717) is 12.0 Å². The Morgan fingerprint density at radius 1 is 1.54 bits per heavy atom. The minimum Gasteiger partial charge on any atom is -0.309 e. The van der Waals surface area contributed by atoms with E-state index in [1.54, 1.807) is 0 Å². The molecule has 0 unspecified atom stereocenters. The summed E-state index contributed by atoms with van der Waals surface area (Å²) in [5.74, 6) is 0.666. The number of hydrogen-bond acceptors (Lipinski definition) is 3. The maximum absolute atomic E-state index is 4.56. The van der Waals surface area contributed by atoms with E-state index < -0.39 is 0 Å². The smallest absolute Gasteiger partial charge is 0.0900 e. The normalized spacial score (nSPS) is 22.0. The molecule has 0 radical (unpaired) electrons. The van der Waals surface area contributed by atoms with E-state index in [2.05, 4.69) is 31.1 Å². The molecule has 0 amide bonds. The summed E-state index contributed by atoms with van der Waals surface area (Å²) < 4.78 is 0. The molecule has 2 heterocycles. The van der Waals surface area contributed by atoms with Gasteiger partial charge in [0.1, 0.15) is 0 Å². The Bertz CT molecular complexity index is 304. The van der Waals surface area contributed by atoms with Crippen molar-refractivity contribution in [2.45, 2.75) is 33.2 Å². The molecule has 0 saturated carbocycles. The van der Waals surface area contributed by atoms with Crippen molar-refractivity contribution in [1.82, 2.24) is 10.3 Å². The molecule has 0 aromatic carbocycles. The van der Waals surface area contributed by atoms with Crippen LogP contribution in [-0.4, -0.2) is 11.5 Å². The number of rotatable bonds is 1. The van der Waals surface area contributed by atoms with E-state index in [9.17, 15) is 0 Å². The zero-order chi connectivity index (χ0) is 9.42. The molecule has 0 spiro atoms. The van der Waals surface area contributed by atoms with Gasteiger partial charge in [-0.25, -0.2) is 4.98 Å². The van der Waals surface area contributed by atoms with Crippen molar-refractivity contribution in [2.24, 2.45) is 5.92 Å². The fourth-order valence-corrected chi connectivity index (χ4v) is 3.11. The third-order valence-electron chi connectivity index (χ3n) is 2.51. The summed E-state index contributed by atoms with van der Waals surface area (Å²) in [5, 5.41) is 4.77. The maximum atomic E-state index is 4.56. The maximum Gasteiger partial charge on any atom is 0.0900 e. The largest absolute Gasteiger partial charge is 0.309 e. The summed E-state index contributed by atoms with van der Waals surface area (Å²) >= 11 is 1.85. The standard InChI is InChI=1S/C10H16N2S/c1-6(2)9-10-8(4-5-11-9)12-7(3)13-10/h6,9,11H,4-5H2,1-3H3/t9-/m0/s1. The molecule has 1 aliphatic heterocycles. The van der Waals surface area contributed by atoms with Crippen LogP contribution in [0.15, 0.2) is 0 Å². The van der Waals surface area contributed by atoms with Crippen molar-refractivity contribution >= 4 is 11.3 Å². The van der Waals surface area contributed by atoms with Gasteiger partial charge in [-0.3, -0.25) is 0 Å². The van der Waals surface area contributed by atoms with Gasteiger partial charge < -0.3 is 5.32 Å². The summed E-state index contributed by atoms with van der Waals surface area (Å²) in [6.45, 7) is 7.71. The van der Waals surface area contributed by atoms with Crippen LogP contribution in [0, 0.1) is 12.8 Å². The van der Waals surface area contributed by atoms with Crippen molar-refractivity contribution in [2.75, 3.05) is 6.54 Å². The van der Waals surface area contributed by atoms with Gasteiger partial charge in [-0.1, -0.05) is 13.8 Å². The van der Waals surface area contributed by atoms with Gasteiger partial charge in [0.15, 0.2) is 0 Å². The van der Waals surface area contributed by atoms with E-state index >= 15 is 0 Å². The Morgan fingerprint density at radius 2 is 2.31 bits per heavy atom. The van der Waals surface area contributed by atoms with Crippen LogP contribution in [0.2, 0.25) is 0 Å². The first kappa shape index (κ1) is 9.16. The molecule has 13 heavy (non-hydrogen) atoms. The molecule has 1 N–H and O–H groups in total. The molecule has 1 aromatic heterocycles. The Labute approximate surface area is 83.4 Å². The molecule has 1 aromatic rings. The fraction of sp³-hybridized carbons (Fsp3) is 0.700. The Morgan fingerprint density at radius 3 is 3.00 bits per heavy atom. The van der Waals surface area contributed by atoms with Gasteiger partial charge in [0.05, 0.1) is 10.7 Å². The predicted octanol–water partition coefficient (Wildman–Crippen LogP) is 2.29. The summed E-state index contributed by atoms with van der Waals surface area (Å²) in [5.41, 5.74) is 1.33. The lowest BCUT2D eigenvalue weighted by Crippen LogP contribution is -2.32. The predicted molar refractivity (Wildman–Crippen MR) is 56.1 cm³/mol. The zero-order valence-electron chi connectivity index (χ0n) is 8.42. The number of fused-ring (bicyclic) bond motifs is 1. The summed E-state index contributed by atoms with van der Waals surface area (Å²) in [7, 11) is 0. The highest BCUT2D eigenvalue weighted by Gasteiger charge is 2.25. The molecule has 3 heteroatoms. The van der Waals surface area contributed by atoms with Crippen LogP contribution >= 0.6 is 11.3 Å². The molecular formula is C10H16N2S. The van der Waals surface area contributed by atoms with E-state index in [0.717, 1.165) is 13.0 Å². The molecule has 72 valence electrons. The average Bonchev–Trinajstić information content (AvgIpc) is 2.43. The molecular weight excluding hydrogens is 180 g/mol. The van der Waals surface area contributed by atoms with E-state index in [1.807, 2.05) is 11.3 Å². The third-order valence-corrected chi connectivity index (χ3v) is 3.61. The highest BCUT2D eigenvalue weighted by molar-refractivity contribution is 7.11. The second kappa shape index (κ2) is 3.39. The second-order valence-electron chi connectivity index (χ2n) is 3.97. The molecule has 0 bridgehead atoms. The number of nitrogens with zero attached hydrogens (tertiary/aromatic N) is 1. The third kappa shape index (κ3) is 1.63. The highest BCUT2D eigenvalue weighted by Crippen LogP contribution is 2.32. The van der Waals surface area contributed by atoms with Gasteiger partial charge >= 0.3 is 0 Å². The van der Waals surface area contributed by atoms with Gasteiger partial charge in [0.2, 0.25) is 0 Å². The lowest BCUT2D eigenvalue weighted by atomic mass is 9.98. The molecule has 0 aliphatic carbocycles. The monoisotopic (exact) mass is 196 g/mol. The number of aryl methyl sites for hydroxylation is 1. The number of thiazole rings is 1. The molecule has 0 saturated heterocycles. The Kier molecular flexibility index (Phi) is 2.39. The molecule has 0 fully saturated rings. The van der Waals surface area contributed by atoms with Gasteiger partial charge in [0, 0.05) is 23.9 Å². The van der Waals surface area contributed by atoms with Crippen LogP contribution in [0.1, 0.15) is 35.5 Å². The minimum atomic E-state index is 0.537. The van der Waals surface area contributed by atoms with E-state index in [-0.39, 0.29) is 0 Å². The van der Waals surface area contributed by atoms with Crippen LogP contribution in [0.25, 0.3) is 0 Å². The highest BCUT2D eigenvalue weighted by atomic mass is 32.1. The van der Waals surface area contributed by atoms with E-state index in [1.165, 1.54) is 15.6 Å². The van der Waals surface area contributed by atoms with Crippen LogP contribution in [0.5, 0.6) is 0 Å². The van der Waals surface area contributed by atoms with Crippen molar-refractivity contribution in [3.63, 3.8) is 0 Å². The van der Waals surface area contributed by atoms with E-state index in [4.69, 9.17) is 0 Å². The second-order valence-corrected chi connectivity index (χ2v) is 5.20. The minimum absolute atomic E-state index is 0.537. The fourth-order valence-electron chi connectivity index (χ4n) is 1.89. The summed E-state index contributed by atoms with van der Waals surface area (Å²) in [6.07, 6.45) is 1.10. The van der Waals surface area contributed by atoms with Gasteiger partial charge in [-0.15, -0.1) is 11.3 Å². The van der Waals surface area contributed by atoms with Crippen LogP contribution in [-0.2, 0) is 6.42 Å². The van der Waals surface area contributed by atoms with Crippen molar-refractivity contribution < 1.29 is 0 Å². The van der Waals surface area contributed by atoms with Crippen molar-refractivity contribution in [1.29, 1.82) is 0 Å². The van der Waals surface area contributed by atoms with Crippen molar-refractivity contribution in [3.8, 4) is 0 Å². The topological polar surface area (TPSA) is 24.9 Å². The quantitative estimate of drug-likeness (QED) is 0.745. The van der Waals surface area contributed by atoms with Crippen LogP contribution < -0.4 is 5.32 Å². The number of nitrogens with one attached hydrogen (secondary N) is 1. The van der Waals surface area contributed by atoms with Crippen molar-refractivity contribution in [3.05, 3.63) is 15.6 Å². The molecule has 1 aliphatic rings. The first-order chi connectivity index (χ1) is 6.18. The van der Waals surface area contributed by atoms with Crippen LogP contribution in [0.3, 0.4) is 0 Å². The molecule has 2 nitrogen and oxygen atoms in total. The summed E-state index contributed by atoms with van der Waals surface area (Å²) in [6, 6.07) is 0.537. The first-order valence-corrected chi connectivity index (χ1v) is 5.69. The molecule has 2 rings (SSSR count). The van der Waals surface area contributed by atoms with Gasteiger partial charge in [-0.05, 0) is 12.8 Å². The Hall–Kier alpha value is -0.410. The van der Waals surface area contributed by atoms with Gasteiger partial charge in [-0.2, -0.15) is 0 Å².